The smallest absolute Gasteiger partial charge is 0.307 e. The van der Waals surface area contributed by atoms with E-state index in [1.54, 1.807) is 43.0 Å². The fourth-order valence-corrected chi connectivity index (χ4v) is 2.81. The summed E-state index contributed by atoms with van der Waals surface area (Å²) in [6.07, 6.45) is 3.53. The van der Waals surface area contributed by atoms with Crippen molar-refractivity contribution in [3.63, 3.8) is 0 Å². The third-order valence-electron chi connectivity index (χ3n) is 4.20. The second-order valence-electron chi connectivity index (χ2n) is 6.14. The van der Waals surface area contributed by atoms with Crippen molar-refractivity contribution >= 4 is 5.65 Å². The molecule has 0 saturated carbocycles. The van der Waals surface area contributed by atoms with Crippen LogP contribution < -0.4 is 0 Å². The molecule has 4 rings (SSSR count). The average Bonchev–Trinajstić information content (AvgIpc) is 3.29. The van der Waals surface area contributed by atoms with E-state index in [4.69, 9.17) is 0 Å². The van der Waals surface area contributed by atoms with Crippen LogP contribution in [-0.2, 0) is 6.54 Å². The van der Waals surface area contributed by atoms with E-state index in [-0.39, 0.29) is 0 Å². The molecular weight excluding hydrogens is 381 g/mol. The third-order valence-corrected chi connectivity index (χ3v) is 4.20. The van der Waals surface area contributed by atoms with E-state index < -0.39 is 18.6 Å². The van der Waals surface area contributed by atoms with Gasteiger partial charge in [0.25, 0.3) is 0 Å². The lowest BCUT2D eigenvalue weighted by Crippen LogP contribution is -2.40. The van der Waals surface area contributed by atoms with Crippen LogP contribution in [-0.4, -0.2) is 36.2 Å². The number of rotatable bonds is 4. The Kier molecular flexibility index (Phi) is 4.13. The van der Waals surface area contributed by atoms with Crippen molar-refractivity contribution in [2.45, 2.75) is 18.6 Å². The Hall–Kier alpha value is -3.30. The first kappa shape index (κ1) is 18.1. The van der Waals surface area contributed by atoms with Gasteiger partial charge in [0.05, 0.1) is 11.9 Å². The van der Waals surface area contributed by atoms with Gasteiger partial charge in [-0.2, -0.15) is 27.1 Å². The van der Waals surface area contributed by atoms with E-state index in [1.165, 1.54) is 6.20 Å². The van der Waals surface area contributed by atoms with E-state index in [0.717, 1.165) is 11.8 Å². The highest BCUT2D eigenvalue weighted by molar-refractivity contribution is 5.81. The molecule has 5 nitrogen and oxygen atoms in total. The molecular formula is C18H12F5N5. The van der Waals surface area contributed by atoms with E-state index in [2.05, 4.69) is 15.1 Å². The van der Waals surface area contributed by atoms with E-state index in [9.17, 15) is 22.0 Å². The van der Waals surface area contributed by atoms with Crippen LogP contribution in [0.2, 0.25) is 0 Å². The predicted molar refractivity (Wildman–Crippen MR) is 90.6 cm³/mol. The molecule has 10 heteroatoms. The van der Waals surface area contributed by atoms with Gasteiger partial charge >= 0.3 is 12.1 Å². The van der Waals surface area contributed by atoms with Gasteiger partial charge in [-0.25, -0.2) is 4.98 Å². The molecule has 0 radical (unpaired) electrons. The molecule has 144 valence electrons. The molecule has 4 aromatic heterocycles. The van der Waals surface area contributed by atoms with Gasteiger partial charge in [0.1, 0.15) is 12.2 Å². The Balaban J connectivity index is 1.70. The summed E-state index contributed by atoms with van der Waals surface area (Å²) in [5.74, 6) is -4.88. The number of pyridine rings is 2. The Morgan fingerprint density at radius 2 is 1.75 bits per heavy atom. The monoisotopic (exact) mass is 393 g/mol. The summed E-state index contributed by atoms with van der Waals surface area (Å²) in [5, 5.41) is 3.66. The van der Waals surface area contributed by atoms with E-state index in [0.29, 0.717) is 27.1 Å². The van der Waals surface area contributed by atoms with Crippen molar-refractivity contribution in [2.24, 2.45) is 0 Å². The maximum Gasteiger partial charge on any atom is 0.455 e. The minimum atomic E-state index is -5.64. The van der Waals surface area contributed by atoms with Crippen molar-refractivity contribution in [3.05, 3.63) is 61.4 Å². The van der Waals surface area contributed by atoms with Gasteiger partial charge in [-0.05, 0) is 18.2 Å². The number of halogens is 5. The molecule has 0 aliphatic heterocycles. The fraction of sp³-hybridized carbons (Fsp3) is 0.167. The lowest BCUT2D eigenvalue weighted by Gasteiger charge is -2.19. The van der Waals surface area contributed by atoms with Crippen molar-refractivity contribution < 1.29 is 22.0 Å². The molecule has 4 heterocycles. The van der Waals surface area contributed by atoms with Crippen LogP contribution in [0.3, 0.4) is 0 Å². The fourth-order valence-electron chi connectivity index (χ4n) is 2.81. The Morgan fingerprint density at radius 1 is 0.929 bits per heavy atom. The quantitative estimate of drug-likeness (QED) is 0.481. The second-order valence-corrected chi connectivity index (χ2v) is 6.14. The van der Waals surface area contributed by atoms with Crippen LogP contribution >= 0.6 is 0 Å². The number of hydrogen-bond donors (Lipinski definition) is 0. The largest absolute Gasteiger partial charge is 0.455 e. The van der Waals surface area contributed by atoms with Gasteiger partial charge in [0.2, 0.25) is 0 Å². The van der Waals surface area contributed by atoms with Crippen LogP contribution in [0.1, 0.15) is 0 Å². The summed E-state index contributed by atoms with van der Waals surface area (Å²) in [7, 11) is 0. The predicted octanol–water partition coefficient (Wildman–Crippen LogP) is 4.46. The Bertz CT molecular complexity index is 1130. The van der Waals surface area contributed by atoms with E-state index in [1.807, 2.05) is 10.5 Å². The SMILES string of the molecule is FC(F)(F)C(F)(F)Cn1cc(-c2cccnc2-c2ccn3ccnc3c2)cn1. The maximum atomic E-state index is 13.3. The highest BCUT2D eigenvalue weighted by Crippen LogP contribution is 2.37. The molecule has 0 atom stereocenters. The molecule has 0 saturated heterocycles. The summed E-state index contributed by atoms with van der Waals surface area (Å²) in [4.78, 5) is 8.54. The molecule has 0 fully saturated rings. The maximum absolute atomic E-state index is 13.3. The highest BCUT2D eigenvalue weighted by atomic mass is 19.4. The molecule has 0 N–H and O–H groups in total. The van der Waals surface area contributed by atoms with Gasteiger partial charge in [0.15, 0.2) is 0 Å². The molecule has 0 aliphatic carbocycles. The number of nitrogens with zero attached hydrogens (tertiary/aromatic N) is 5. The van der Waals surface area contributed by atoms with Crippen molar-refractivity contribution in [3.8, 4) is 22.4 Å². The molecule has 0 aliphatic rings. The summed E-state index contributed by atoms with van der Waals surface area (Å²) in [6, 6.07) is 6.95. The van der Waals surface area contributed by atoms with Crippen LogP contribution in [0.5, 0.6) is 0 Å². The van der Waals surface area contributed by atoms with Crippen LogP contribution in [0.25, 0.3) is 28.0 Å². The van der Waals surface area contributed by atoms with Gasteiger partial charge in [-0.3, -0.25) is 9.67 Å². The summed E-state index contributed by atoms with van der Waals surface area (Å²) in [6.45, 7) is -1.59. The molecule has 4 aromatic rings. The number of imidazole rings is 1. The summed E-state index contributed by atoms with van der Waals surface area (Å²) in [5.41, 5.74) is 2.89. The molecule has 28 heavy (non-hydrogen) atoms. The number of alkyl halides is 5. The van der Waals surface area contributed by atoms with Gasteiger partial charge < -0.3 is 4.40 Å². The first-order valence-corrected chi connectivity index (χ1v) is 8.10. The lowest BCUT2D eigenvalue weighted by atomic mass is 10.0. The third kappa shape index (κ3) is 3.21. The van der Waals surface area contributed by atoms with Gasteiger partial charge in [0, 0.05) is 47.7 Å². The number of aromatic nitrogens is 5. The van der Waals surface area contributed by atoms with Crippen LogP contribution in [0.4, 0.5) is 22.0 Å². The highest BCUT2D eigenvalue weighted by Gasteiger charge is 2.57. The van der Waals surface area contributed by atoms with Crippen molar-refractivity contribution in [1.29, 1.82) is 0 Å². The Morgan fingerprint density at radius 3 is 2.54 bits per heavy atom. The molecule has 0 amide bonds. The minimum Gasteiger partial charge on any atom is -0.307 e. The molecule has 0 aromatic carbocycles. The molecule has 0 unspecified atom stereocenters. The van der Waals surface area contributed by atoms with Gasteiger partial charge in [-0.1, -0.05) is 6.07 Å². The standard InChI is InChI=1S/C18H12F5N5/c19-17(20,18(21,22)23)11-28-10-13(9-26-28)14-2-1-4-25-16(14)12-3-6-27-7-5-24-15(27)8-12/h1-10H,11H2. The topological polar surface area (TPSA) is 48.0 Å². The zero-order chi connectivity index (χ0) is 19.9. The molecule has 0 spiro atoms. The summed E-state index contributed by atoms with van der Waals surface area (Å²) >= 11 is 0. The van der Waals surface area contributed by atoms with Crippen molar-refractivity contribution in [2.75, 3.05) is 0 Å². The number of fused-ring (bicyclic) bond motifs is 1. The number of hydrogen-bond acceptors (Lipinski definition) is 3. The summed E-state index contributed by atoms with van der Waals surface area (Å²) < 4.78 is 66.2. The van der Waals surface area contributed by atoms with Crippen LogP contribution in [0.15, 0.2) is 61.4 Å². The Labute approximate surface area is 155 Å². The zero-order valence-corrected chi connectivity index (χ0v) is 14.1. The first-order valence-electron chi connectivity index (χ1n) is 8.10. The van der Waals surface area contributed by atoms with Crippen LogP contribution in [0, 0.1) is 0 Å². The molecule has 0 bridgehead atoms. The normalized spacial score (nSPS) is 12.6. The van der Waals surface area contributed by atoms with Crippen molar-refractivity contribution in [1.82, 2.24) is 24.1 Å². The average molecular weight is 393 g/mol. The van der Waals surface area contributed by atoms with E-state index >= 15 is 0 Å². The zero-order valence-electron chi connectivity index (χ0n) is 14.1. The second kappa shape index (κ2) is 6.39. The van der Waals surface area contributed by atoms with Gasteiger partial charge in [-0.15, -0.1) is 0 Å². The minimum absolute atomic E-state index is 0.379. The first-order chi connectivity index (χ1) is 13.2. The lowest BCUT2D eigenvalue weighted by molar-refractivity contribution is -0.287.